The van der Waals surface area contributed by atoms with Gasteiger partial charge >= 0.3 is 0 Å². The molecule has 4 rings (SSSR count). The van der Waals surface area contributed by atoms with Crippen LogP contribution in [0.15, 0.2) is 54.2 Å². The van der Waals surface area contributed by atoms with Crippen molar-refractivity contribution in [2.24, 2.45) is 0 Å². The molecule has 0 aromatic heterocycles. The maximum Gasteiger partial charge on any atom is 0.282 e. The van der Waals surface area contributed by atoms with Crippen LogP contribution in [0.5, 0.6) is 11.5 Å². The number of hydrogen-bond acceptors (Lipinski definition) is 5. The van der Waals surface area contributed by atoms with Gasteiger partial charge in [-0.25, -0.2) is 4.90 Å². The van der Waals surface area contributed by atoms with Gasteiger partial charge in [-0.2, -0.15) is 0 Å². The van der Waals surface area contributed by atoms with Crippen molar-refractivity contribution in [3.63, 3.8) is 0 Å². The van der Waals surface area contributed by atoms with Gasteiger partial charge in [0.15, 0.2) is 0 Å². The minimum Gasteiger partial charge on any atom is -0.496 e. The molecule has 30 heavy (non-hydrogen) atoms. The van der Waals surface area contributed by atoms with E-state index in [0.29, 0.717) is 40.6 Å². The lowest BCUT2D eigenvalue weighted by molar-refractivity contribution is -0.120. The van der Waals surface area contributed by atoms with E-state index < -0.39 is 0 Å². The third-order valence-corrected chi connectivity index (χ3v) is 5.51. The van der Waals surface area contributed by atoms with Gasteiger partial charge in [0.05, 0.1) is 25.0 Å². The topological polar surface area (TPSA) is 59.1 Å². The number of carbonyl (C=O) groups is 2. The predicted molar refractivity (Wildman–Crippen MR) is 115 cm³/mol. The van der Waals surface area contributed by atoms with Crippen LogP contribution in [-0.4, -0.2) is 43.5 Å². The van der Waals surface area contributed by atoms with Crippen molar-refractivity contribution >= 4 is 23.1 Å². The molecule has 156 valence electrons. The fourth-order valence-electron chi connectivity index (χ4n) is 4.12. The van der Waals surface area contributed by atoms with Crippen LogP contribution in [0.3, 0.4) is 0 Å². The lowest BCUT2D eigenvalue weighted by Gasteiger charge is -2.29. The van der Waals surface area contributed by atoms with Crippen LogP contribution in [0.4, 0.5) is 5.69 Å². The van der Waals surface area contributed by atoms with Gasteiger partial charge in [0, 0.05) is 18.7 Å². The van der Waals surface area contributed by atoms with E-state index in [1.807, 2.05) is 31.2 Å². The third-order valence-electron chi connectivity index (χ3n) is 5.51. The first-order valence-electron chi connectivity index (χ1n) is 10.4. The van der Waals surface area contributed by atoms with Crippen molar-refractivity contribution in [1.82, 2.24) is 4.90 Å². The molecule has 2 amide bonds. The second-order valence-corrected chi connectivity index (χ2v) is 7.34. The molecule has 0 radical (unpaired) electrons. The molecule has 0 N–H and O–H groups in total. The lowest BCUT2D eigenvalue weighted by atomic mass is 10.0. The molecular formula is C24H26N2O4. The first-order valence-corrected chi connectivity index (χ1v) is 10.4. The minimum atomic E-state index is -0.325. The van der Waals surface area contributed by atoms with Crippen molar-refractivity contribution in [3.8, 4) is 11.5 Å². The van der Waals surface area contributed by atoms with E-state index in [4.69, 9.17) is 9.47 Å². The van der Waals surface area contributed by atoms with E-state index in [0.717, 1.165) is 32.4 Å². The van der Waals surface area contributed by atoms with Gasteiger partial charge in [-0.05, 0) is 56.5 Å². The molecule has 0 saturated carbocycles. The van der Waals surface area contributed by atoms with Gasteiger partial charge in [0.1, 0.15) is 17.2 Å². The molecule has 2 aliphatic rings. The van der Waals surface area contributed by atoms with Gasteiger partial charge in [0.25, 0.3) is 11.8 Å². The number of piperidine rings is 1. The Morgan fingerprint density at radius 1 is 0.900 bits per heavy atom. The highest BCUT2D eigenvalue weighted by Gasteiger charge is 2.43. The molecule has 2 aromatic carbocycles. The standard InChI is InChI=1S/C24H26N2O4/c1-3-30-18-13-11-17(12-14-18)26-23(27)21(19-9-5-6-10-20(19)29-2)22(24(26)28)25-15-7-4-8-16-25/h5-6,9-14H,3-4,7-8,15-16H2,1-2H3. The smallest absolute Gasteiger partial charge is 0.282 e. The monoisotopic (exact) mass is 406 g/mol. The fraction of sp³-hybridized carbons (Fsp3) is 0.333. The molecular weight excluding hydrogens is 380 g/mol. The number of anilines is 1. The van der Waals surface area contributed by atoms with E-state index in [-0.39, 0.29) is 11.8 Å². The number of ether oxygens (including phenoxy) is 2. The summed E-state index contributed by atoms with van der Waals surface area (Å²) in [6.07, 6.45) is 3.15. The highest BCUT2D eigenvalue weighted by atomic mass is 16.5. The van der Waals surface area contributed by atoms with Crippen LogP contribution >= 0.6 is 0 Å². The number of imide groups is 1. The van der Waals surface area contributed by atoms with Crippen LogP contribution in [-0.2, 0) is 9.59 Å². The highest BCUT2D eigenvalue weighted by Crippen LogP contribution is 2.39. The molecule has 1 saturated heterocycles. The Kier molecular flexibility index (Phi) is 5.74. The maximum atomic E-state index is 13.6. The summed E-state index contributed by atoms with van der Waals surface area (Å²) in [7, 11) is 1.57. The Hall–Kier alpha value is -3.28. The number of carbonyl (C=O) groups excluding carboxylic acids is 2. The summed E-state index contributed by atoms with van der Waals surface area (Å²) < 4.78 is 11.0. The lowest BCUT2D eigenvalue weighted by Crippen LogP contribution is -2.37. The van der Waals surface area contributed by atoms with E-state index >= 15 is 0 Å². The van der Waals surface area contributed by atoms with Gasteiger partial charge in [-0.3, -0.25) is 9.59 Å². The molecule has 0 bridgehead atoms. The van der Waals surface area contributed by atoms with Gasteiger partial charge in [-0.15, -0.1) is 0 Å². The van der Waals surface area contributed by atoms with Gasteiger partial charge in [0.2, 0.25) is 0 Å². The van der Waals surface area contributed by atoms with Gasteiger partial charge < -0.3 is 14.4 Å². The number of benzene rings is 2. The molecule has 1 fully saturated rings. The second kappa shape index (κ2) is 8.61. The predicted octanol–water partition coefficient (Wildman–Crippen LogP) is 3.86. The van der Waals surface area contributed by atoms with Crippen LogP contribution in [0, 0.1) is 0 Å². The van der Waals surface area contributed by atoms with Crippen LogP contribution in [0.25, 0.3) is 5.57 Å². The molecule has 0 spiro atoms. The largest absolute Gasteiger partial charge is 0.496 e. The molecule has 6 nitrogen and oxygen atoms in total. The summed E-state index contributed by atoms with van der Waals surface area (Å²) in [5.74, 6) is 0.674. The second-order valence-electron chi connectivity index (χ2n) is 7.34. The van der Waals surface area contributed by atoms with E-state index in [1.54, 1.807) is 31.4 Å². The molecule has 0 atom stereocenters. The third kappa shape index (κ3) is 3.54. The normalized spacial score (nSPS) is 17.0. The minimum absolute atomic E-state index is 0.285. The summed E-state index contributed by atoms with van der Waals surface area (Å²) in [5, 5.41) is 0. The summed E-state index contributed by atoms with van der Waals surface area (Å²) in [5.41, 5.74) is 2.06. The van der Waals surface area contributed by atoms with Crippen LogP contribution in [0.1, 0.15) is 31.7 Å². The number of amides is 2. The van der Waals surface area contributed by atoms with E-state index in [1.165, 1.54) is 4.90 Å². The Labute approximate surface area is 176 Å². The fourth-order valence-corrected chi connectivity index (χ4v) is 4.12. The number of rotatable bonds is 6. The average Bonchev–Trinajstić information content (AvgIpc) is 3.05. The first kappa shape index (κ1) is 20.0. The van der Waals surface area contributed by atoms with Crippen molar-refractivity contribution < 1.29 is 19.1 Å². The number of nitrogens with zero attached hydrogens (tertiary/aromatic N) is 2. The quantitative estimate of drug-likeness (QED) is 0.682. The summed E-state index contributed by atoms with van der Waals surface area (Å²) in [6, 6.07) is 14.4. The zero-order chi connectivity index (χ0) is 21.1. The van der Waals surface area contributed by atoms with Crippen molar-refractivity contribution in [2.45, 2.75) is 26.2 Å². The van der Waals surface area contributed by atoms with E-state index in [2.05, 4.69) is 4.90 Å². The van der Waals surface area contributed by atoms with E-state index in [9.17, 15) is 9.59 Å². The first-order chi connectivity index (χ1) is 14.7. The number of likely N-dealkylation sites (tertiary alicyclic amines) is 1. The summed E-state index contributed by atoms with van der Waals surface area (Å²) in [6.45, 7) is 4.00. The molecule has 0 unspecified atom stereocenters. The Bertz CT molecular complexity index is 975. The molecule has 2 aliphatic heterocycles. The average molecular weight is 406 g/mol. The van der Waals surface area contributed by atoms with Crippen LogP contribution in [0.2, 0.25) is 0 Å². The molecule has 6 heteroatoms. The Morgan fingerprint density at radius 2 is 1.60 bits per heavy atom. The van der Waals surface area contributed by atoms with Crippen molar-refractivity contribution in [2.75, 3.05) is 31.7 Å². The highest BCUT2D eigenvalue weighted by molar-refractivity contribution is 6.45. The maximum absolute atomic E-state index is 13.6. The summed E-state index contributed by atoms with van der Waals surface area (Å²) >= 11 is 0. The Balaban J connectivity index is 1.79. The van der Waals surface area contributed by atoms with Crippen LogP contribution < -0.4 is 14.4 Å². The molecule has 2 heterocycles. The number of hydrogen-bond donors (Lipinski definition) is 0. The molecule has 2 aromatic rings. The zero-order valence-corrected chi connectivity index (χ0v) is 17.4. The SMILES string of the molecule is CCOc1ccc(N2C(=O)C(c3ccccc3OC)=C(N3CCCCC3)C2=O)cc1. The van der Waals surface area contributed by atoms with Gasteiger partial charge in [-0.1, -0.05) is 18.2 Å². The number of para-hydroxylation sites is 1. The van der Waals surface area contributed by atoms with Crippen molar-refractivity contribution in [3.05, 3.63) is 59.8 Å². The number of methoxy groups -OCH3 is 1. The summed E-state index contributed by atoms with van der Waals surface area (Å²) in [4.78, 5) is 30.4. The zero-order valence-electron chi connectivity index (χ0n) is 17.4. The molecule has 0 aliphatic carbocycles. The van der Waals surface area contributed by atoms with Crippen molar-refractivity contribution in [1.29, 1.82) is 0 Å². The Morgan fingerprint density at radius 3 is 2.27 bits per heavy atom.